The van der Waals surface area contributed by atoms with Gasteiger partial charge in [-0.2, -0.15) is 22.0 Å². The molecule has 0 bridgehead atoms. The summed E-state index contributed by atoms with van der Waals surface area (Å²) in [5, 5.41) is 2.34. The van der Waals surface area contributed by atoms with E-state index in [9.17, 15) is 26.7 Å². The van der Waals surface area contributed by atoms with Crippen LogP contribution in [-0.2, 0) is 11.2 Å². The highest BCUT2D eigenvalue weighted by Crippen LogP contribution is 2.37. The van der Waals surface area contributed by atoms with Gasteiger partial charge in [-0.05, 0) is 24.1 Å². The van der Waals surface area contributed by atoms with Crippen LogP contribution in [0.25, 0.3) is 0 Å². The molecule has 0 unspecified atom stereocenters. The van der Waals surface area contributed by atoms with E-state index in [1.54, 1.807) is 0 Å². The molecule has 0 aliphatic heterocycles. The molecule has 0 aromatic heterocycles. The maximum Gasteiger partial charge on any atom is 0.499 e. The highest BCUT2D eigenvalue weighted by molar-refractivity contribution is 5.45. The molecule has 0 heterocycles. The van der Waals surface area contributed by atoms with Crippen molar-refractivity contribution in [3.05, 3.63) is 29.8 Å². The number of carbonyl (C=O) groups is 1. The average Bonchev–Trinajstić information content (AvgIpc) is 2.27. The smallest absolute Gasteiger partial charge is 0.426 e. The van der Waals surface area contributed by atoms with Gasteiger partial charge < -0.3 is 10.1 Å². The number of ether oxygens (including phenoxy) is 1. The minimum atomic E-state index is -5.78. The predicted molar refractivity (Wildman–Crippen MR) is 55.8 cm³/mol. The fraction of sp³-hybridized carbons (Fsp3) is 0.364. The van der Waals surface area contributed by atoms with Crippen LogP contribution >= 0.6 is 0 Å². The van der Waals surface area contributed by atoms with Gasteiger partial charge in [0, 0.05) is 6.54 Å². The van der Waals surface area contributed by atoms with Gasteiger partial charge in [0.15, 0.2) is 0 Å². The third-order valence-corrected chi connectivity index (χ3v) is 2.12. The van der Waals surface area contributed by atoms with Crippen LogP contribution in [0.5, 0.6) is 5.75 Å². The monoisotopic (exact) mass is 283 g/mol. The lowest BCUT2D eigenvalue weighted by molar-refractivity contribution is -0.360. The first-order valence-corrected chi connectivity index (χ1v) is 5.16. The van der Waals surface area contributed by atoms with Gasteiger partial charge in [0.25, 0.3) is 0 Å². The van der Waals surface area contributed by atoms with Crippen LogP contribution < -0.4 is 10.1 Å². The van der Waals surface area contributed by atoms with Gasteiger partial charge in [-0.25, -0.2) is 0 Å². The summed E-state index contributed by atoms with van der Waals surface area (Å²) in [6.45, 7) is 0.239. The van der Waals surface area contributed by atoms with Gasteiger partial charge in [-0.1, -0.05) is 12.1 Å². The Hall–Kier alpha value is -1.86. The van der Waals surface area contributed by atoms with Crippen molar-refractivity contribution < 1.29 is 31.5 Å². The van der Waals surface area contributed by atoms with Gasteiger partial charge in [0.1, 0.15) is 5.75 Å². The zero-order chi connectivity index (χ0) is 14.5. The van der Waals surface area contributed by atoms with Gasteiger partial charge in [-0.3, -0.25) is 4.79 Å². The molecule has 1 rings (SSSR count). The summed E-state index contributed by atoms with van der Waals surface area (Å²) < 4.78 is 64.8. The molecule has 3 nitrogen and oxygen atoms in total. The number of benzene rings is 1. The average molecular weight is 283 g/mol. The van der Waals surface area contributed by atoms with Crippen LogP contribution in [0.15, 0.2) is 24.3 Å². The lowest BCUT2D eigenvalue weighted by Crippen LogP contribution is -2.41. The van der Waals surface area contributed by atoms with E-state index in [4.69, 9.17) is 0 Å². The minimum Gasteiger partial charge on any atom is -0.426 e. The number of carbonyl (C=O) groups excluding carboxylic acids is 1. The number of halogens is 5. The minimum absolute atomic E-state index is 0.239. The van der Waals surface area contributed by atoms with E-state index in [1.165, 1.54) is 12.1 Å². The highest BCUT2D eigenvalue weighted by Gasteiger charge is 2.61. The SMILES string of the molecule is O=CNCCc1cccc(OC(F)(F)C(F)(F)F)c1. The molecule has 1 N–H and O–H groups in total. The molecule has 8 heteroatoms. The number of rotatable bonds is 6. The number of alkyl halides is 5. The van der Waals surface area contributed by atoms with E-state index in [2.05, 4.69) is 10.1 Å². The summed E-state index contributed by atoms with van der Waals surface area (Å²) >= 11 is 0. The van der Waals surface area contributed by atoms with Gasteiger partial charge in [0.2, 0.25) is 6.41 Å². The van der Waals surface area contributed by atoms with Gasteiger partial charge in [-0.15, -0.1) is 0 Å². The molecule has 1 aromatic rings. The molecule has 106 valence electrons. The summed E-state index contributed by atoms with van der Waals surface area (Å²) in [4.78, 5) is 10.0. The highest BCUT2D eigenvalue weighted by atomic mass is 19.4. The normalized spacial score (nSPS) is 12.1. The van der Waals surface area contributed by atoms with E-state index < -0.39 is 18.0 Å². The quantitative estimate of drug-likeness (QED) is 0.495. The second kappa shape index (κ2) is 5.85. The van der Waals surface area contributed by atoms with Crippen LogP contribution in [0.4, 0.5) is 22.0 Å². The molecule has 19 heavy (non-hydrogen) atoms. The van der Waals surface area contributed by atoms with Gasteiger partial charge >= 0.3 is 12.3 Å². The molecule has 1 amide bonds. The predicted octanol–water partition coefficient (Wildman–Crippen LogP) is 2.51. The van der Waals surface area contributed by atoms with Crippen LogP contribution in [0.3, 0.4) is 0 Å². The van der Waals surface area contributed by atoms with Crippen molar-refractivity contribution in [3.8, 4) is 5.75 Å². The Labute approximate surface area is 105 Å². The number of hydrogen-bond acceptors (Lipinski definition) is 2. The van der Waals surface area contributed by atoms with Crippen molar-refractivity contribution in [2.24, 2.45) is 0 Å². The standard InChI is InChI=1S/C11H10F5NO2/c12-10(13,14)11(15,16)19-9-3-1-2-8(6-9)4-5-17-7-18/h1-3,6-7H,4-5H2,(H,17,18). The third-order valence-electron chi connectivity index (χ3n) is 2.12. The number of hydrogen-bond donors (Lipinski definition) is 1. The summed E-state index contributed by atoms with van der Waals surface area (Å²) in [7, 11) is 0. The molecule has 0 saturated carbocycles. The topological polar surface area (TPSA) is 38.3 Å². The number of amides is 1. The van der Waals surface area contributed by atoms with Crippen molar-refractivity contribution in [2.45, 2.75) is 18.7 Å². The van der Waals surface area contributed by atoms with Crippen LogP contribution in [0.2, 0.25) is 0 Å². The van der Waals surface area contributed by atoms with Crippen molar-refractivity contribution in [1.29, 1.82) is 0 Å². The fourth-order valence-corrected chi connectivity index (χ4v) is 1.25. The lowest BCUT2D eigenvalue weighted by atomic mass is 10.1. The van der Waals surface area contributed by atoms with Crippen molar-refractivity contribution >= 4 is 6.41 Å². The Balaban J connectivity index is 2.74. The summed E-state index contributed by atoms with van der Waals surface area (Å²) in [5.41, 5.74) is 0.463. The molecule has 0 radical (unpaired) electrons. The second-order valence-electron chi connectivity index (χ2n) is 3.59. The first kappa shape index (κ1) is 15.2. The molecule has 0 aliphatic rings. The molecule has 0 spiro atoms. The van der Waals surface area contributed by atoms with E-state index >= 15 is 0 Å². The molecule has 0 atom stereocenters. The number of nitrogens with one attached hydrogen (secondary N) is 1. The third kappa shape index (κ3) is 4.38. The maximum absolute atomic E-state index is 12.6. The lowest BCUT2D eigenvalue weighted by Gasteiger charge is -2.20. The Morgan fingerprint density at radius 1 is 1.21 bits per heavy atom. The molecule has 1 aromatic carbocycles. The Morgan fingerprint density at radius 2 is 1.89 bits per heavy atom. The fourth-order valence-electron chi connectivity index (χ4n) is 1.25. The largest absolute Gasteiger partial charge is 0.499 e. The van der Waals surface area contributed by atoms with Crippen molar-refractivity contribution in [3.63, 3.8) is 0 Å². The Morgan fingerprint density at radius 3 is 2.47 bits per heavy atom. The summed E-state index contributed by atoms with van der Waals surface area (Å²) in [5.74, 6) is -0.592. The summed E-state index contributed by atoms with van der Waals surface area (Å²) in [6, 6.07) is 4.87. The van der Waals surface area contributed by atoms with Crippen molar-refractivity contribution in [1.82, 2.24) is 5.32 Å². The Bertz CT molecular complexity index is 433. The molecule has 0 aliphatic carbocycles. The Kier molecular flexibility index (Phi) is 4.68. The first-order chi connectivity index (χ1) is 8.76. The molecule has 0 fully saturated rings. The van der Waals surface area contributed by atoms with E-state index in [0.717, 1.165) is 12.1 Å². The maximum atomic E-state index is 12.6. The van der Waals surface area contributed by atoms with Crippen molar-refractivity contribution in [2.75, 3.05) is 6.54 Å². The van der Waals surface area contributed by atoms with Crippen LogP contribution in [0.1, 0.15) is 5.56 Å². The molecular formula is C11H10F5NO2. The van der Waals surface area contributed by atoms with Gasteiger partial charge in [0.05, 0.1) is 0 Å². The zero-order valence-electron chi connectivity index (χ0n) is 9.51. The zero-order valence-corrected chi connectivity index (χ0v) is 9.51. The van der Waals surface area contributed by atoms with E-state index in [1.807, 2.05) is 0 Å². The van der Waals surface area contributed by atoms with Crippen LogP contribution in [0, 0.1) is 0 Å². The molecular weight excluding hydrogens is 273 g/mol. The molecule has 0 saturated heterocycles. The first-order valence-electron chi connectivity index (χ1n) is 5.16. The second-order valence-corrected chi connectivity index (χ2v) is 3.59. The summed E-state index contributed by atoms with van der Waals surface area (Å²) in [6.07, 6.45) is -10.3. The van der Waals surface area contributed by atoms with E-state index in [-0.39, 0.29) is 13.0 Å². The van der Waals surface area contributed by atoms with E-state index in [0.29, 0.717) is 12.0 Å². The van der Waals surface area contributed by atoms with Crippen LogP contribution in [-0.4, -0.2) is 25.2 Å².